The molecule has 1 aliphatic heterocycles. The Labute approximate surface area is 135 Å². The predicted molar refractivity (Wildman–Crippen MR) is 87.8 cm³/mol. The number of nitrogens with zero attached hydrogens (tertiary/aromatic N) is 3. The van der Waals surface area contributed by atoms with E-state index in [4.69, 9.17) is 0 Å². The van der Waals surface area contributed by atoms with Crippen molar-refractivity contribution in [1.29, 1.82) is 0 Å². The number of amides is 2. The number of hydrogen-bond donors (Lipinski definition) is 2. The zero-order valence-corrected chi connectivity index (χ0v) is 13.0. The average Bonchev–Trinajstić information content (AvgIpc) is 2.97. The predicted octanol–water partition coefficient (Wildman–Crippen LogP) is 2.38. The molecule has 3 rings (SSSR count). The van der Waals surface area contributed by atoms with Crippen molar-refractivity contribution in [3.63, 3.8) is 0 Å². The standard InChI is InChI=1S/C17H20N4O2/c1-12-7-8-21(15(12)11-22)17(23)20-14-9-18-16(19-10-14)13-5-3-2-4-6-13/h2-6,9-10,12,15,22H,7-8,11H2,1H3,(H,20,23)/t12-,15-/m0/s1. The molecule has 1 aliphatic rings. The lowest BCUT2D eigenvalue weighted by molar-refractivity contribution is 0.152. The van der Waals surface area contributed by atoms with Crippen LogP contribution in [0.2, 0.25) is 0 Å². The summed E-state index contributed by atoms with van der Waals surface area (Å²) in [4.78, 5) is 22.6. The lowest BCUT2D eigenvalue weighted by Crippen LogP contribution is -2.42. The Morgan fingerprint density at radius 3 is 2.65 bits per heavy atom. The van der Waals surface area contributed by atoms with E-state index in [1.165, 1.54) is 0 Å². The van der Waals surface area contributed by atoms with Crippen molar-refractivity contribution in [1.82, 2.24) is 14.9 Å². The van der Waals surface area contributed by atoms with Gasteiger partial charge in [-0.15, -0.1) is 0 Å². The first kappa shape index (κ1) is 15.4. The number of aliphatic hydroxyl groups is 1. The van der Waals surface area contributed by atoms with E-state index in [2.05, 4.69) is 15.3 Å². The number of aliphatic hydroxyl groups excluding tert-OH is 1. The first-order chi connectivity index (χ1) is 11.2. The molecule has 0 bridgehead atoms. The Kier molecular flexibility index (Phi) is 4.52. The number of anilines is 1. The van der Waals surface area contributed by atoms with E-state index in [9.17, 15) is 9.90 Å². The Morgan fingerprint density at radius 1 is 1.30 bits per heavy atom. The van der Waals surface area contributed by atoms with E-state index in [1.54, 1.807) is 17.3 Å². The summed E-state index contributed by atoms with van der Waals surface area (Å²) in [5.74, 6) is 0.925. The smallest absolute Gasteiger partial charge is 0.322 e. The van der Waals surface area contributed by atoms with Crippen molar-refractivity contribution in [2.75, 3.05) is 18.5 Å². The number of hydrogen-bond acceptors (Lipinski definition) is 4. The summed E-state index contributed by atoms with van der Waals surface area (Å²) in [5.41, 5.74) is 1.48. The van der Waals surface area contributed by atoms with E-state index in [0.29, 0.717) is 24.0 Å². The molecular formula is C17H20N4O2. The van der Waals surface area contributed by atoms with Crippen LogP contribution in [-0.4, -0.2) is 45.2 Å². The van der Waals surface area contributed by atoms with Gasteiger partial charge in [0, 0.05) is 12.1 Å². The molecule has 1 saturated heterocycles. The Balaban J connectivity index is 1.68. The summed E-state index contributed by atoms with van der Waals surface area (Å²) in [6, 6.07) is 9.32. The van der Waals surface area contributed by atoms with Crippen molar-refractivity contribution < 1.29 is 9.90 Å². The molecule has 6 nitrogen and oxygen atoms in total. The summed E-state index contributed by atoms with van der Waals surface area (Å²) in [5, 5.41) is 12.2. The molecule has 2 atom stereocenters. The summed E-state index contributed by atoms with van der Waals surface area (Å²) in [7, 11) is 0. The highest BCUT2D eigenvalue weighted by atomic mass is 16.3. The second kappa shape index (κ2) is 6.75. The number of benzene rings is 1. The van der Waals surface area contributed by atoms with Gasteiger partial charge in [0.1, 0.15) is 0 Å². The molecule has 2 heterocycles. The third-order valence-corrected chi connectivity index (χ3v) is 4.27. The minimum absolute atomic E-state index is 0.0158. The molecule has 0 aliphatic carbocycles. The van der Waals surface area contributed by atoms with Gasteiger partial charge in [-0.1, -0.05) is 37.3 Å². The van der Waals surface area contributed by atoms with Crippen LogP contribution in [0.25, 0.3) is 11.4 Å². The highest BCUT2D eigenvalue weighted by Crippen LogP contribution is 2.24. The number of likely N-dealkylation sites (tertiary alicyclic amines) is 1. The molecule has 1 aromatic heterocycles. The first-order valence-electron chi connectivity index (χ1n) is 7.75. The Hall–Kier alpha value is -2.47. The SMILES string of the molecule is C[C@H]1CCN(C(=O)Nc2cnc(-c3ccccc3)nc2)[C@H]1CO. The van der Waals surface area contributed by atoms with Gasteiger partial charge in [0.15, 0.2) is 5.82 Å². The topological polar surface area (TPSA) is 78.4 Å². The van der Waals surface area contributed by atoms with Crippen LogP contribution < -0.4 is 5.32 Å². The maximum absolute atomic E-state index is 12.3. The molecule has 120 valence electrons. The van der Waals surface area contributed by atoms with E-state index < -0.39 is 0 Å². The van der Waals surface area contributed by atoms with Crippen LogP contribution in [0.1, 0.15) is 13.3 Å². The van der Waals surface area contributed by atoms with Gasteiger partial charge in [-0.25, -0.2) is 14.8 Å². The van der Waals surface area contributed by atoms with Gasteiger partial charge in [-0.2, -0.15) is 0 Å². The van der Waals surface area contributed by atoms with Crippen LogP contribution in [0.15, 0.2) is 42.7 Å². The van der Waals surface area contributed by atoms with Crippen LogP contribution >= 0.6 is 0 Å². The van der Waals surface area contributed by atoms with Crippen molar-refractivity contribution in [2.45, 2.75) is 19.4 Å². The molecule has 6 heteroatoms. The molecule has 1 aromatic carbocycles. The number of carbonyl (C=O) groups is 1. The van der Waals surface area contributed by atoms with Crippen LogP contribution in [0.5, 0.6) is 0 Å². The normalized spacial score (nSPS) is 20.5. The third kappa shape index (κ3) is 3.32. The minimum atomic E-state index is -0.218. The van der Waals surface area contributed by atoms with Gasteiger partial charge >= 0.3 is 6.03 Å². The maximum Gasteiger partial charge on any atom is 0.322 e. The quantitative estimate of drug-likeness (QED) is 0.912. The van der Waals surface area contributed by atoms with E-state index >= 15 is 0 Å². The zero-order chi connectivity index (χ0) is 16.2. The fraction of sp³-hybridized carbons (Fsp3) is 0.353. The molecule has 2 amide bonds. The van der Waals surface area contributed by atoms with Gasteiger partial charge in [0.25, 0.3) is 0 Å². The fourth-order valence-corrected chi connectivity index (χ4v) is 2.86. The summed E-state index contributed by atoms with van der Waals surface area (Å²) in [6.45, 7) is 2.69. The van der Waals surface area contributed by atoms with E-state index in [1.807, 2.05) is 37.3 Å². The number of nitrogens with one attached hydrogen (secondary N) is 1. The van der Waals surface area contributed by atoms with Crippen molar-refractivity contribution in [3.8, 4) is 11.4 Å². The van der Waals surface area contributed by atoms with Gasteiger partial charge in [-0.3, -0.25) is 0 Å². The van der Waals surface area contributed by atoms with Crippen molar-refractivity contribution in [2.24, 2.45) is 5.92 Å². The Bertz CT molecular complexity index is 660. The van der Waals surface area contributed by atoms with Crippen molar-refractivity contribution in [3.05, 3.63) is 42.7 Å². The zero-order valence-electron chi connectivity index (χ0n) is 13.0. The average molecular weight is 312 g/mol. The number of aromatic nitrogens is 2. The number of rotatable bonds is 3. The van der Waals surface area contributed by atoms with E-state index in [-0.39, 0.29) is 18.7 Å². The third-order valence-electron chi connectivity index (χ3n) is 4.27. The van der Waals surface area contributed by atoms with Crippen LogP contribution in [0, 0.1) is 5.92 Å². The fourth-order valence-electron chi connectivity index (χ4n) is 2.86. The second-order valence-corrected chi connectivity index (χ2v) is 5.80. The molecule has 0 radical (unpaired) electrons. The van der Waals surface area contributed by atoms with Gasteiger partial charge in [0.05, 0.1) is 30.7 Å². The van der Waals surface area contributed by atoms with Crippen LogP contribution in [0.4, 0.5) is 10.5 Å². The highest BCUT2D eigenvalue weighted by molar-refractivity contribution is 5.89. The summed E-state index contributed by atoms with van der Waals surface area (Å²) >= 11 is 0. The first-order valence-corrected chi connectivity index (χ1v) is 7.75. The van der Waals surface area contributed by atoms with E-state index in [0.717, 1.165) is 12.0 Å². The Morgan fingerprint density at radius 2 is 2.00 bits per heavy atom. The number of urea groups is 1. The molecular weight excluding hydrogens is 292 g/mol. The lowest BCUT2D eigenvalue weighted by atomic mass is 10.0. The molecule has 23 heavy (non-hydrogen) atoms. The van der Waals surface area contributed by atoms with Gasteiger partial charge in [0.2, 0.25) is 0 Å². The lowest BCUT2D eigenvalue weighted by Gasteiger charge is -2.25. The number of carbonyl (C=O) groups excluding carboxylic acids is 1. The monoisotopic (exact) mass is 312 g/mol. The van der Waals surface area contributed by atoms with Gasteiger partial charge < -0.3 is 15.3 Å². The second-order valence-electron chi connectivity index (χ2n) is 5.80. The summed E-state index contributed by atoms with van der Waals surface area (Å²) in [6.07, 6.45) is 4.10. The maximum atomic E-state index is 12.3. The van der Waals surface area contributed by atoms with Crippen molar-refractivity contribution >= 4 is 11.7 Å². The summed E-state index contributed by atoms with van der Waals surface area (Å²) < 4.78 is 0. The molecule has 0 unspecified atom stereocenters. The molecule has 1 fully saturated rings. The molecule has 2 N–H and O–H groups in total. The molecule has 0 saturated carbocycles. The highest BCUT2D eigenvalue weighted by Gasteiger charge is 2.33. The van der Waals surface area contributed by atoms with Crippen LogP contribution in [0.3, 0.4) is 0 Å². The van der Waals surface area contributed by atoms with Crippen LogP contribution in [-0.2, 0) is 0 Å². The largest absolute Gasteiger partial charge is 0.394 e. The molecule has 2 aromatic rings. The van der Waals surface area contributed by atoms with Gasteiger partial charge in [-0.05, 0) is 12.3 Å². The molecule has 0 spiro atoms. The minimum Gasteiger partial charge on any atom is -0.394 e.